The number of nitrogens with one attached hydrogen (secondary N) is 1. The molecule has 0 aliphatic heterocycles. The molecule has 1 N–H and O–H groups in total. The van der Waals surface area contributed by atoms with E-state index in [9.17, 15) is 4.79 Å². The lowest BCUT2D eigenvalue weighted by atomic mass is 9.70. The van der Waals surface area contributed by atoms with Gasteiger partial charge in [-0.1, -0.05) is 26.8 Å². The van der Waals surface area contributed by atoms with Crippen molar-refractivity contribution >= 4 is 11.5 Å². The van der Waals surface area contributed by atoms with Gasteiger partial charge >= 0.3 is 0 Å². The number of benzene rings is 1. The Balaban J connectivity index is 1.88. The Morgan fingerprint density at radius 2 is 1.90 bits per heavy atom. The SMILES string of the molecule is Cc1ccc(N/C=C2\C(=O)[C@@]3(C)CC[C@@H]2C3(C)C)cc1C. The van der Waals surface area contributed by atoms with Crippen molar-refractivity contribution in [3.05, 3.63) is 41.1 Å². The minimum Gasteiger partial charge on any atom is -0.361 e. The maximum absolute atomic E-state index is 12.7. The van der Waals surface area contributed by atoms with Crippen LogP contribution in [0.15, 0.2) is 30.0 Å². The second-order valence-electron chi connectivity index (χ2n) is 7.52. The van der Waals surface area contributed by atoms with Crippen LogP contribution in [-0.4, -0.2) is 5.78 Å². The van der Waals surface area contributed by atoms with E-state index in [0.717, 1.165) is 24.1 Å². The number of allylic oxidation sites excluding steroid dienone is 1. The Morgan fingerprint density at radius 3 is 2.48 bits per heavy atom. The summed E-state index contributed by atoms with van der Waals surface area (Å²) < 4.78 is 0. The molecule has 2 atom stereocenters. The Morgan fingerprint density at radius 1 is 1.19 bits per heavy atom. The summed E-state index contributed by atoms with van der Waals surface area (Å²) in [6, 6.07) is 6.32. The fourth-order valence-electron chi connectivity index (χ4n) is 4.09. The number of anilines is 1. The van der Waals surface area contributed by atoms with Crippen molar-refractivity contribution in [3.8, 4) is 0 Å². The molecule has 112 valence electrons. The predicted molar refractivity (Wildman–Crippen MR) is 87.2 cm³/mol. The number of rotatable bonds is 2. The molecule has 0 radical (unpaired) electrons. The number of aryl methyl sites for hydroxylation is 2. The average molecular weight is 283 g/mol. The smallest absolute Gasteiger partial charge is 0.167 e. The lowest BCUT2D eigenvalue weighted by Gasteiger charge is -2.31. The van der Waals surface area contributed by atoms with Crippen LogP contribution >= 0.6 is 0 Å². The first-order valence-electron chi connectivity index (χ1n) is 7.86. The van der Waals surface area contributed by atoms with Crippen LogP contribution in [0.4, 0.5) is 5.69 Å². The molecule has 0 aromatic heterocycles. The second kappa shape index (κ2) is 4.46. The van der Waals surface area contributed by atoms with Crippen molar-refractivity contribution in [2.45, 2.75) is 47.5 Å². The maximum Gasteiger partial charge on any atom is 0.167 e. The number of Topliss-reactive ketones (excluding diaryl/α,β-unsaturated/α-hetero) is 1. The molecule has 2 nitrogen and oxygen atoms in total. The molecule has 2 heteroatoms. The van der Waals surface area contributed by atoms with E-state index in [0.29, 0.717) is 11.7 Å². The van der Waals surface area contributed by atoms with Crippen LogP contribution < -0.4 is 5.32 Å². The largest absolute Gasteiger partial charge is 0.361 e. The van der Waals surface area contributed by atoms with Gasteiger partial charge in [-0.3, -0.25) is 4.79 Å². The summed E-state index contributed by atoms with van der Waals surface area (Å²) in [4.78, 5) is 12.7. The molecule has 0 spiro atoms. The number of hydrogen-bond acceptors (Lipinski definition) is 2. The van der Waals surface area contributed by atoms with Crippen LogP contribution in [0, 0.1) is 30.6 Å². The Hall–Kier alpha value is -1.57. The molecule has 2 bridgehead atoms. The number of hydrogen-bond donors (Lipinski definition) is 1. The Labute approximate surface area is 127 Å². The molecule has 0 amide bonds. The van der Waals surface area contributed by atoms with Crippen LogP contribution in [0.3, 0.4) is 0 Å². The molecule has 2 aliphatic carbocycles. The van der Waals surface area contributed by atoms with Crippen LogP contribution in [0.2, 0.25) is 0 Å². The molecule has 2 saturated carbocycles. The molecular weight excluding hydrogens is 258 g/mol. The van der Waals surface area contributed by atoms with Crippen LogP contribution in [0.25, 0.3) is 0 Å². The molecule has 21 heavy (non-hydrogen) atoms. The summed E-state index contributed by atoms with van der Waals surface area (Å²) in [5.41, 5.74) is 4.52. The third-order valence-electron chi connectivity index (χ3n) is 6.27. The van der Waals surface area contributed by atoms with Gasteiger partial charge in [0, 0.05) is 22.9 Å². The normalized spacial score (nSPS) is 32.0. The summed E-state index contributed by atoms with van der Waals surface area (Å²) in [5, 5.41) is 3.34. The van der Waals surface area contributed by atoms with E-state index >= 15 is 0 Å². The standard InChI is InChI=1S/C19H25NO/c1-12-6-7-14(10-13(12)2)20-11-15-16-8-9-19(5,17(15)21)18(16,3)4/h6-7,10-11,16,20H,8-9H2,1-5H3/b15-11-/t16-,19+/m0/s1. The number of carbonyl (C=O) groups excluding carboxylic acids is 1. The molecule has 2 aliphatic rings. The van der Waals surface area contributed by atoms with E-state index in [2.05, 4.69) is 58.1 Å². The zero-order chi connectivity index (χ0) is 15.4. The van der Waals surface area contributed by atoms with Crippen LogP contribution in [0.5, 0.6) is 0 Å². The van der Waals surface area contributed by atoms with Gasteiger partial charge < -0.3 is 5.32 Å². The monoisotopic (exact) mass is 283 g/mol. The minimum atomic E-state index is -0.172. The van der Waals surface area contributed by atoms with E-state index in [4.69, 9.17) is 0 Å². The highest BCUT2D eigenvalue weighted by atomic mass is 16.1. The molecule has 1 aromatic carbocycles. The van der Waals surface area contributed by atoms with Crippen LogP contribution in [-0.2, 0) is 4.79 Å². The zero-order valence-electron chi connectivity index (χ0n) is 13.7. The third-order valence-corrected chi connectivity index (χ3v) is 6.27. The minimum absolute atomic E-state index is 0.0841. The Kier molecular flexibility index (Phi) is 3.05. The van der Waals surface area contributed by atoms with E-state index < -0.39 is 0 Å². The summed E-state index contributed by atoms with van der Waals surface area (Å²) in [5.74, 6) is 0.745. The molecule has 0 unspecified atom stereocenters. The quantitative estimate of drug-likeness (QED) is 0.802. The predicted octanol–water partition coefficient (Wildman–Crippen LogP) is 4.62. The average Bonchev–Trinajstić information content (AvgIpc) is 2.73. The van der Waals surface area contributed by atoms with Crippen molar-refractivity contribution < 1.29 is 4.79 Å². The summed E-state index contributed by atoms with van der Waals surface area (Å²) in [7, 11) is 0. The van der Waals surface area contributed by atoms with E-state index in [1.807, 2.05) is 6.20 Å². The maximum atomic E-state index is 12.7. The fraction of sp³-hybridized carbons (Fsp3) is 0.526. The Bertz CT molecular complexity index is 641. The van der Waals surface area contributed by atoms with Gasteiger partial charge in [0.25, 0.3) is 0 Å². The third kappa shape index (κ3) is 1.88. The molecule has 1 aromatic rings. The van der Waals surface area contributed by atoms with Crippen LogP contribution in [0.1, 0.15) is 44.7 Å². The van der Waals surface area contributed by atoms with E-state index in [-0.39, 0.29) is 10.8 Å². The molecule has 2 fully saturated rings. The molecule has 0 heterocycles. The van der Waals surface area contributed by atoms with Gasteiger partial charge in [0.2, 0.25) is 0 Å². The first kappa shape index (κ1) is 14.4. The lowest BCUT2D eigenvalue weighted by Crippen LogP contribution is -2.32. The van der Waals surface area contributed by atoms with Gasteiger partial charge in [-0.05, 0) is 61.3 Å². The molecule has 0 saturated heterocycles. The highest BCUT2D eigenvalue weighted by molar-refractivity contribution is 6.04. The van der Waals surface area contributed by atoms with Gasteiger partial charge in [-0.2, -0.15) is 0 Å². The van der Waals surface area contributed by atoms with Crippen molar-refractivity contribution in [2.24, 2.45) is 16.7 Å². The summed E-state index contributed by atoms with van der Waals surface area (Å²) in [6.07, 6.45) is 4.13. The number of ketones is 1. The number of fused-ring (bicyclic) bond motifs is 2. The molecule has 3 rings (SSSR count). The lowest BCUT2D eigenvalue weighted by molar-refractivity contribution is -0.125. The van der Waals surface area contributed by atoms with Gasteiger partial charge in [-0.25, -0.2) is 0 Å². The topological polar surface area (TPSA) is 29.1 Å². The van der Waals surface area contributed by atoms with Gasteiger partial charge in [0.15, 0.2) is 5.78 Å². The number of carbonyl (C=O) groups is 1. The van der Waals surface area contributed by atoms with E-state index in [1.54, 1.807) is 0 Å². The van der Waals surface area contributed by atoms with Gasteiger partial charge in [0.1, 0.15) is 0 Å². The van der Waals surface area contributed by atoms with E-state index in [1.165, 1.54) is 11.1 Å². The second-order valence-corrected chi connectivity index (χ2v) is 7.52. The first-order valence-corrected chi connectivity index (χ1v) is 7.86. The highest BCUT2D eigenvalue weighted by Crippen LogP contribution is 2.65. The zero-order valence-corrected chi connectivity index (χ0v) is 13.7. The fourth-order valence-corrected chi connectivity index (χ4v) is 4.09. The van der Waals surface area contributed by atoms with Crippen molar-refractivity contribution in [2.75, 3.05) is 5.32 Å². The van der Waals surface area contributed by atoms with Gasteiger partial charge in [0.05, 0.1) is 0 Å². The summed E-state index contributed by atoms with van der Waals surface area (Å²) >= 11 is 0. The van der Waals surface area contributed by atoms with Crippen molar-refractivity contribution in [3.63, 3.8) is 0 Å². The molecular formula is C19H25NO. The highest BCUT2D eigenvalue weighted by Gasteiger charge is 2.63. The van der Waals surface area contributed by atoms with Gasteiger partial charge in [-0.15, -0.1) is 0 Å². The van der Waals surface area contributed by atoms with Crippen molar-refractivity contribution in [1.82, 2.24) is 0 Å². The first-order chi connectivity index (χ1) is 9.77. The van der Waals surface area contributed by atoms with Crippen molar-refractivity contribution in [1.29, 1.82) is 0 Å². The summed E-state index contributed by atoms with van der Waals surface area (Å²) in [6.45, 7) is 10.9.